The van der Waals surface area contributed by atoms with E-state index in [1.54, 1.807) is 30.3 Å². The highest BCUT2D eigenvalue weighted by molar-refractivity contribution is 7.19. The number of thiazole rings is 1. The number of anilines is 1. The number of amides is 1. The van der Waals surface area contributed by atoms with E-state index < -0.39 is 12.1 Å². The number of nitrogens with zero attached hydrogens (tertiary/aromatic N) is 1. The number of benzene rings is 2. The number of halogens is 3. The highest BCUT2D eigenvalue weighted by Crippen LogP contribution is 2.38. The van der Waals surface area contributed by atoms with E-state index in [2.05, 4.69) is 4.98 Å². The summed E-state index contributed by atoms with van der Waals surface area (Å²) < 4.78 is 37.7. The summed E-state index contributed by atoms with van der Waals surface area (Å²) in [5.41, 5.74) is 1.72. The Balaban J connectivity index is 2.05. The van der Waals surface area contributed by atoms with Gasteiger partial charge in [0, 0.05) is 11.1 Å². The predicted octanol–water partition coefficient (Wildman–Crippen LogP) is 4.98. The van der Waals surface area contributed by atoms with E-state index in [0.717, 1.165) is 16.9 Å². The third-order valence-electron chi connectivity index (χ3n) is 3.18. The van der Waals surface area contributed by atoms with Crippen molar-refractivity contribution in [3.8, 4) is 21.8 Å². The molecule has 3 nitrogen and oxygen atoms in total. The molecule has 122 valence electrons. The molecule has 0 saturated heterocycles. The van der Waals surface area contributed by atoms with Crippen LogP contribution in [0.15, 0.2) is 60.7 Å². The molecule has 2 aromatic carbocycles. The van der Waals surface area contributed by atoms with Gasteiger partial charge in [-0.25, -0.2) is 4.98 Å². The van der Waals surface area contributed by atoms with Crippen LogP contribution in [0.1, 0.15) is 0 Å². The van der Waals surface area contributed by atoms with E-state index in [4.69, 9.17) is 0 Å². The van der Waals surface area contributed by atoms with Crippen LogP contribution in [0.4, 0.5) is 18.2 Å². The third-order valence-corrected chi connectivity index (χ3v) is 4.20. The first-order chi connectivity index (χ1) is 11.4. The Morgan fingerprint density at radius 3 is 2.00 bits per heavy atom. The molecule has 0 aliphatic heterocycles. The number of aromatic nitrogens is 1. The molecule has 7 heteroatoms. The molecule has 0 spiro atoms. The molecule has 24 heavy (non-hydrogen) atoms. The van der Waals surface area contributed by atoms with Crippen molar-refractivity contribution in [2.75, 3.05) is 5.32 Å². The standard InChI is InChI=1S/C17H11F3N2OS/c18-17(19,20)16(23)22-15-13(11-7-3-1-4-8-11)21-14(24-15)12-9-5-2-6-10-12/h1-10H,(H,22,23). The lowest BCUT2D eigenvalue weighted by molar-refractivity contribution is -0.167. The first-order valence-electron chi connectivity index (χ1n) is 6.95. The lowest BCUT2D eigenvalue weighted by Gasteiger charge is -2.07. The maximum Gasteiger partial charge on any atom is 0.471 e. The van der Waals surface area contributed by atoms with Gasteiger partial charge in [-0.1, -0.05) is 72.0 Å². The van der Waals surface area contributed by atoms with Crippen LogP contribution in [0.2, 0.25) is 0 Å². The molecule has 0 radical (unpaired) electrons. The normalized spacial score (nSPS) is 11.3. The summed E-state index contributed by atoms with van der Waals surface area (Å²) in [6.45, 7) is 0. The van der Waals surface area contributed by atoms with Gasteiger partial charge < -0.3 is 5.32 Å². The lowest BCUT2D eigenvalue weighted by atomic mass is 10.1. The Morgan fingerprint density at radius 2 is 1.46 bits per heavy atom. The summed E-state index contributed by atoms with van der Waals surface area (Å²) in [6.07, 6.45) is -4.95. The SMILES string of the molecule is O=C(Nc1sc(-c2ccccc2)nc1-c1ccccc1)C(F)(F)F. The molecular weight excluding hydrogens is 337 g/mol. The molecule has 0 atom stereocenters. The second-order valence-corrected chi connectivity index (χ2v) is 5.88. The molecule has 1 N–H and O–H groups in total. The highest BCUT2D eigenvalue weighted by atomic mass is 32.1. The first-order valence-corrected chi connectivity index (χ1v) is 7.76. The van der Waals surface area contributed by atoms with Crippen molar-refractivity contribution in [1.82, 2.24) is 4.98 Å². The molecule has 1 aromatic heterocycles. The van der Waals surface area contributed by atoms with Crippen LogP contribution >= 0.6 is 11.3 Å². The Bertz CT molecular complexity index is 845. The fourth-order valence-corrected chi connectivity index (χ4v) is 3.06. The van der Waals surface area contributed by atoms with Gasteiger partial charge in [-0.05, 0) is 0 Å². The molecule has 0 saturated carbocycles. The van der Waals surface area contributed by atoms with Crippen molar-refractivity contribution < 1.29 is 18.0 Å². The minimum atomic E-state index is -4.95. The van der Waals surface area contributed by atoms with Crippen LogP contribution in [0.5, 0.6) is 0 Å². The van der Waals surface area contributed by atoms with Crippen LogP contribution in [0.3, 0.4) is 0 Å². The molecular formula is C17H11F3N2OS. The van der Waals surface area contributed by atoms with Gasteiger partial charge in [-0.2, -0.15) is 13.2 Å². The molecule has 0 aliphatic rings. The van der Waals surface area contributed by atoms with Gasteiger partial charge in [-0.3, -0.25) is 4.79 Å². The number of hydrogen-bond donors (Lipinski definition) is 1. The molecule has 1 amide bonds. The molecule has 0 unspecified atom stereocenters. The molecule has 3 aromatic rings. The van der Waals surface area contributed by atoms with Gasteiger partial charge in [0.25, 0.3) is 0 Å². The Hall–Kier alpha value is -2.67. The summed E-state index contributed by atoms with van der Waals surface area (Å²) in [5.74, 6) is -2.01. The molecule has 0 aliphatic carbocycles. The van der Waals surface area contributed by atoms with Crippen LogP contribution in [-0.2, 0) is 4.79 Å². The summed E-state index contributed by atoms with van der Waals surface area (Å²) >= 11 is 1.01. The summed E-state index contributed by atoms with van der Waals surface area (Å²) in [5, 5.41) is 2.54. The minimum Gasteiger partial charge on any atom is -0.308 e. The zero-order valence-corrected chi connectivity index (χ0v) is 13.0. The second kappa shape index (κ2) is 6.45. The van der Waals surface area contributed by atoms with Crippen molar-refractivity contribution in [2.24, 2.45) is 0 Å². The lowest BCUT2D eigenvalue weighted by Crippen LogP contribution is -2.29. The fraction of sp³-hybridized carbons (Fsp3) is 0.0588. The van der Waals surface area contributed by atoms with Crippen LogP contribution in [-0.4, -0.2) is 17.1 Å². The van der Waals surface area contributed by atoms with Gasteiger partial charge >= 0.3 is 12.1 Å². The second-order valence-electron chi connectivity index (χ2n) is 4.88. The van der Waals surface area contributed by atoms with Gasteiger partial charge in [0.05, 0.1) is 0 Å². The quantitative estimate of drug-likeness (QED) is 0.725. The van der Waals surface area contributed by atoms with E-state index in [1.165, 1.54) is 0 Å². The summed E-state index contributed by atoms with van der Waals surface area (Å²) in [6, 6.07) is 17.8. The van der Waals surface area contributed by atoms with Gasteiger partial charge in [0.2, 0.25) is 0 Å². The van der Waals surface area contributed by atoms with Crippen LogP contribution in [0.25, 0.3) is 21.8 Å². The fourth-order valence-electron chi connectivity index (χ4n) is 2.07. The molecule has 3 rings (SSSR count). The van der Waals surface area contributed by atoms with Crippen LogP contribution in [0, 0.1) is 0 Å². The molecule has 0 bridgehead atoms. The summed E-state index contributed by atoms with van der Waals surface area (Å²) in [4.78, 5) is 15.7. The van der Waals surface area contributed by atoms with E-state index in [9.17, 15) is 18.0 Å². The maximum atomic E-state index is 12.6. The van der Waals surface area contributed by atoms with E-state index >= 15 is 0 Å². The molecule has 1 heterocycles. The Morgan fingerprint density at radius 1 is 0.917 bits per heavy atom. The molecule has 0 fully saturated rings. The Labute approximate surface area is 139 Å². The highest BCUT2D eigenvalue weighted by Gasteiger charge is 2.39. The topological polar surface area (TPSA) is 42.0 Å². The van der Waals surface area contributed by atoms with E-state index in [0.29, 0.717) is 16.3 Å². The average Bonchev–Trinajstić information content (AvgIpc) is 2.99. The van der Waals surface area contributed by atoms with Crippen LogP contribution < -0.4 is 5.32 Å². The number of nitrogens with one attached hydrogen (secondary N) is 1. The van der Waals surface area contributed by atoms with Crippen molar-refractivity contribution in [3.05, 3.63) is 60.7 Å². The van der Waals surface area contributed by atoms with Crippen molar-refractivity contribution in [2.45, 2.75) is 6.18 Å². The number of hydrogen-bond acceptors (Lipinski definition) is 3. The van der Waals surface area contributed by atoms with E-state index in [1.807, 2.05) is 35.6 Å². The Kier molecular flexibility index (Phi) is 4.35. The minimum absolute atomic E-state index is 0.0716. The zero-order valence-electron chi connectivity index (χ0n) is 12.2. The third kappa shape index (κ3) is 3.46. The van der Waals surface area contributed by atoms with Gasteiger partial charge in [0.1, 0.15) is 15.7 Å². The van der Waals surface area contributed by atoms with Crippen molar-refractivity contribution >= 4 is 22.2 Å². The number of alkyl halides is 3. The first kappa shape index (κ1) is 16.2. The average molecular weight is 348 g/mol. The van der Waals surface area contributed by atoms with Crippen molar-refractivity contribution in [3.63, 3.8) is 0 Å². The predicted molar refractivity (Wildman–Crippen MR) is 87.7 cm³/mol. The maximum absolute atomic E-state index is 12.6. The number of rotatable bonds is 3. The smallest absolute Gasteiger partial charge is 0.308 e. The largest absolute Gasteiger partial charge is 0.471 e. The zero-order chi connectivity index (χ0) is 17.2. The summed E-state index contributed by atoms with van der Waals surface area (Å²) in [7, 11) is 0. The van der Waals surface area contributed by atoms with E-state index in [-0.39, 0.29) is 5.00 Å². The van der Waals surface area contributed by atoms with Gasteiger partial charge in [-0.15, -0.1) is 0 Å². The van der Waals surface area contributed by atoms with Gasteiger partial charge in [0.15, 0.2) is 0 Å². The number of carbonyl (C=O) groups excluding carboxylic acids is 1. The van der Waals surface area contributed by atoms with Crippen molar-refractivity contribution in [1.29, 1.82) is 0 Å². The number of carbonyl (C=O) groups is 1. The monoisotopic (exact) mass is 348 g/mol.